The third-order valence-corrected chi connectivity index (χ3v) is 7.19. The number of aromatic nitrogens is 1. The summed E-state index contributed by atoms with van der Waals surface area (Å²) >= 11 is 0. The number of amides is 1. The first kappa shape index (κ1) is 20.5. The van der Waals surface area contributed by atoms with Crippen molar-refractivity contribution in [2.24, 2.45) is 5.92 Å². The van der Waals surface area contributed by atoms with E-state index in [0.29, 0.717) is 31.1 Å². The topological polar surface area (TPSA) is 99.3 Å². The molecule has 0 spiro atoms. The van der Waals surface area contributed by atoms with Gasteiger partial charge in [0, 0.05) is 36.7 Å². The van der Waals surface area contributed by atoms with Crippen molar-refractivity contribution in [3.8, 4) is 0 Å². The quantitative estimate of drug-likeness (QED) is 0.721. The number of aromatic amines is 1. The zero-order chi connectivity index (χ0) is 20.3. The molecule has 8 heteroatoms. The van der Waals surface area contributed by atoms with Crippen molar-refractivity contribution >= 4 is 26.8 Å². The third-order valence-electron chi connectivity index (χ3n) is 5.29. The molecule has 1 fully saturated rings. The van der Waals surface area contributed by atoms with E-state index in [1.54, 1.807) is 6.07 Å². The number of H-pyrrole nitrogens is 1. The van der Waals surface area contributed by atoms with Crippen molar-refractivity contribution in [2.45, 2.75) is 44.4 Å². The number of nitrogens with zero attached hydrogens (tertiary/aromatic N) is 1. The maximum Gasteiger partial charge on any atom is 0.256 e. The molecule has 7 nitrogen and oxygen atoms in total. The summed E-state index contributed by atoms with van der Waals surface area (Å²) < 4.78 is 27.4. The van der Waals surface area contributed by atoms with E-state index in [-0.39, 0.29) is 15.8 Å². The Bertz CT molecular complexity index is 1020. The molecule has 0 bridgehead atoms. The van der Waals surface area contributed by atoms with E-state index in [9.17, 15) is 18.0 Å². The summed E-state index contributed by atoms with van der Waals surface area (Å²) in [5.74, 6) is 0.0644. The minimum absolute atomic E-state index is 0.00931. The van der Waals surface area contributed by atoms with Crippen LogP contribution in [-0.4, -0.2) is 43.2 Å². The molecule has 1 aromatic heterocycles. The van der Waals surface area contributed by atoms with Gasteiger partial charge in [-0.15, -0.1) is 0 Å². The summed E-state index contributed by atoms with van der Waals surface area (Å²) in [6, 6.07) is 4.46. The van der Waals surface area contributed by atoms with Crippen LogP contribution in [-0.2, 0) is 10.0 Å². The van der Waals surface area contributed by atoms with Crippen LogP contribution < -0.4 is 10.7 Å². The smallest absolute Gasteiger partial charge is 0.256 e. The van der Waals surface area contributed by atoms with Crippen molar-refractivity contribution in [3.63, 3.8) is 0 Å². The van der Waals surface area contributed by atoms with E-state index in [1.165, 1.54) is 22.6 Å². The lowest BCUT2D eigenvalue weighted by Gasteiger charge is -2.29. The lowest BCUT2D eigenvalue weighted by atomic mass is 10.0. The minimum atomic E-state index is -3.66. The number of rotatable bonds is 6. The first-order valence-corrected chi connectivity index (χ1v) is 11.2. The maximum atomic E-state index is 13.0. The zero-order valence-electron chi connectivity index (χ0n) is 16.3. The van der Waals surface area contributed by atoms with E-state index in [4.69, 9.17) is 0 Å². The van der Waals surface area contributed by atoms with Crippen molar-refractivity contribution in [3.05, 3.63) is 40.2 Å². The number of nitrogens with one attached hydrogen (secondary N) is 2. The number of piperidine rings is 1. The second-order valence-corrected chi connectivity index (χ2v) is 9.37. The Kier molecular flexibility index (Phi) is 6.20. The molecule has 1 amide bonds. The second-order valence-electron chi connectivity index (χ2n) is 7.43. The van der Waals surface area contributed by atoms with Gasteiger partial charge in [0.15, 0.2) is 0 Å². The van der Waals surface area contributed by atoms with Crippen molar-refractivity contribution in [1.82, 2.24) is 14.6 Å². The fourth-order valence-corrected chi connectivity index (χ4v) is 4.87. The SMILES string of the molecule is CCCCNC(=O)c1c[nH]c2ccc(S(=O)(=O)N3CCC(C)CC3)cc2c1=O. The Labute approximate surface area is 165 Å². The van der Waals surface area contributed by atoms with Gasteiger partial charge in [-0.05, 0) is 43.4 Å². The summed E-state index contributed by atoms with van der Waals surface area (Å²) in [4.78, 5) is 28.1. The normalized spacial score (nSPS) is 16.4. The number of pyridine rings is 1. The van der Waals surface area contributed by atoms with Gasteiger partial charge in [-0.1, -0.05) is 20.3 Å². The lowest BCUT2D eigenvalue weighted by molar-refractivity contribution is 0.0952. The molecule has 152 valence electrons. The average molecular weight is 406 g/mol. The molecule has 28 heavy (non-hydrogen) atoms. The summed E-state index contributed by atoms with van der Waals surface area (Å²) in [6.07, 6.45) is 4.80. The maximum absolute atomic E-state index is 13.0. The van der Waals surface area contributed by atoms with Crippen LogP contribution in [0.4, 0.5) is 0 Å². The Morgan fingerprint density at radius 3 is 2.68 bits per heavy atom. The third kappa shape index (κ3) is 4.12. The minimum Gasteiger partial charge on any atom is -0.360 e. The highest BCUT2D eigenvalue weighted by Gasteiger charge is 2.28. The number of benzene rings is 1. The van der Waals surface area contributed by atoms with Crippen LogP contribution in [0.3, 0.4) is 0 Å². The second kappa shape index (κ2) is 8.45. The predicted molar refractivity (Wildman–Crippen MR) is 109 cm³/mol. The molecule has 1 aliphatic heterocycles. The zero-order valence-corrected chi connectivity index (χ0v) is 17.1. The number of hydrogen-bond donors (Lipinski definition) is 2. The van der Waals surface area contributed by atoms with Crippen LogP contribution in [0, 0.1) is 5.92 Å². The summed E-state index contributed by atoms with van der Waals surface area (Å²) in [5.41, 5.74) is 0.0262. The Hall–Kier alpha value is -2.19. The van der Waals surface area contributed by atoms with Gasteiger partial charge in [-0.3, -0.25) is 9.59 Å². The van der Waals surface area contributed by atoms with Gasteiger partial charge in [-0.2, -0.15) is 4.31 Å². The number of hydrogen-bond acceptors (Lipinski definition) is 4. The first-order chi connectivity index (χ1) is 13.3. The van der Waals surface area contributed by atoms with E-state index in [0.717, 1.165) is 25.7 Å². The average Bonchev–Trinajstić information content (AvgIpc) is 2.68. The molecule has 1 aromatic carbocycles. The van der Waals surface area contributed by atoms with Gasteiger partial charge in [0.2, 0.25) is 15.5 Å². The number of carbonyl (C=O) groups excluding carboxylic acids is 1. The predicted octanol–water partition coefficient (Wildman–Crippen LogP) is 2.48. The van der Waals surface area contributed by atoms with E-state index in [1.807, 2.05) is 6.92 Å². The summed E-state index contributed by atoms with van der Waals surface area (Å²) in [7, 11) is -3.66. The molecule has 0 atom stereocenters. The van der Waals surface area contributed by atoms with Crippen LogP contribution in [0.2, 0.25) is 0 Å². The van der Waals surface area contributed by atoms with Gasteiger partial charge >= 0.3 is 0 Å². The fourth-order valence-electron chi connectivity index (χ4n) is 3.38. The standard InChI is InChI=1S/C20H27N3O4S/c1-3-4-9-21-20(25)17-13-22-18-6-5-15(12-16(18)19(17)24)28(26,27)23-10-7-14(2)8-11-23/h5-6,12-14H,3-4,7-11H2,1-2H3,(H,21,25)(H,22,24). The largest absolute Gasteiger partial charge is 0.360 e. The molecule has 2 aromatic rings. The number of unbranched alkanes of at least 4 members (excludes halogenated alkanes) is 1. The fraction of sp³-hybridized carbons (Fsp3) is 0.500. The van der Waals surface area contributed by atoms with Crippen LogP contribution in [0.25, 0.3) is 10.9 Å². The summed E-state index contributed by atoms with van der Waals surface area (Å²) in [6.45, 7) is 5.59. The number of carbonyl (C=O) groups is 1. The van der Waals surface area contributed by atoms with Gasteiger partial charge in [0.1, 0.15) is 5.56 Å². The molecule has 0 saturated carbocycles. The molecule has 3 rings (SSSR count). The molecule has 2 N–H and O–H groups in total. The molecule has 1 saturated heterocycles. The Balaban J connectivity index is 1.95. The first-order valence-electron chi connectivity index (χ1n) is 9.78. The van der Waals surface area contributed by atoms with Crippen LogP contribution in [0.15, 0.2) is 34.1 Å². The van der Waals surface area contributed by atoms with Crippen LogP contribution in [0.1, 0.15) is 49.9 Å². The van der Waals surface area contributed by atoms with E-state index in [2.05, 4.69) is 17.2 Å². The van der Waals surface area contributed by atoms with Gasteiger partial charge < -0.3 is 10.3 Å². The Morgan fingerprint density at radius 1 is 1.29 bits per heavy atom. The van der Waals surface area contributed by atoms with Crippen molar-refractivity contribution in [2.75, 3.05) is 19.6 Å². The highest BCUT2D eigenvalue weighted by atomic mass is 32.2. The van der Waals surface area contributed by atoms with E-state index < -0.39 is 21.4 Å². The number of fused-ring (bicyclic) bond motifs is 1. The van der Waals surface area contributed by atoms with Crippen molar-refractivity contribution in [1.29, 1.82) is 0 Å². The van der Waals surface area contributed by atoms with Crippen LogP contribution >= 0.6 is 0 Å². The van der Waals surface area contributed by atoms with Gasteiger partial charge in [-0.25, -0.2) is 8.42 Å². The van der Waals surface area contributed by atoms with Crippen LogP contribution in [0.5, 0.6) is 0 Å². The summed E-state index contributed by atoms with van der Waals surface area (Å²) in [5, 5.41) is 2.92. The monoisotopic (exact) mass is 405 g/mol. The molecule has 2 heterocycles. The molecule has 1 aliphatic rings. The highest BCUT2D eigenvalue weighted by molar-refractivity contribution is 7.89. The Morgan fingerprint density at radius 2 is 2.00 bits per heavy atom. The van der Waals surface area contributed by atoms with Gasteiger partial charge in [0.25, 0.3) is 5.91 Å². The van der Waals surface area contributed by atoms with Gasteiger partial charge in [0.05, 0.1) is 4.90 Å². The van der Waals surface area contributed by atoms with E-state index >= 15 is 0 Å². The molecule has 0 unspecified atom stereocenters. The molecular formula is C20H27N3O4S. The molecule has 0 radical (unpaired) electrons. The lowest BCUT2D eigenvalue weighted by Crippen LogP contribution is -2.37. The number of sulfonamides is 1. The highest BCUT2D eigenvalue weighted by Crippen LogP contribution is 2.24. The van der Waals surface area contributed by atoms with Crippen molar-refractivity contribution < 1.29 is 13.2 Å². The molecule has 0 aliphatic carbocycles. The molecular weight excluding hydrogens is 378 g/mol.